The number of rotatable bonds is 5. The fourth-order valence-electron chi connectivity index (χ4n) is 2.99. The van der Waals surface area contributed by atoms with Gasteiger partial charge in [-0.25, -0.2) is 9.37 Å². The van der Waals surface area contributed by atoms with E-state index in [1.165, 1.54) is 0 Å². The van der Waals surface area contributed by atoms with E-state index in [-0.39, 0.29) is 5.82 Å². The first-order chi connectivity index (χ1) is 9.83. The molecule has 1 fully saturated rings. The molecule has 0 aliphatic carbocycles. The molecule has 1 saturated heterocycles. The molecule has 0 N–H and O–H groups in total. The Balaban J connectivity index is 1.49. The van der Waals surface area contributed by atoms with Gasteiger partial charge in [-0.1, -0.05) is 18.2 Å². The SMILES string of the molecule is Fc1ccccc1[C@@H]1CCN(CCCn2ccnc2)C1. The summed E-state index contributed by atoms with van der Waals surface area (Å²) in [7, 11) is 0. The molecule has 0 unspecified atom stereocenters. The summed E-state index contributed by atoms with van der Waals surface area (Å²) in [5, 5.41) is 0. The predicted molar refractivity (Wildman–Crippen MR) is 77.0 cm³/mol. The summed E-state index contributed by atoms with van der Waals surface area (Å²) in [6, 6.07) is 7.18. The Hall–Kier alpha value is -1.68. The second-order valence-electron chi connectivity index (χ2n) is 5.46. The zero-order valence-corrected chi connectivity index (χ0v) is 11.6. The van der Waals surface area contributed by atoms with Crippen molar-refractivity contribution in [3.8, 4) is 0 Å². The number of aryl methyl sites for hydroxylation is 1. The highest BCUT2D eigenvalue weighted by atomic mass is 19.1. The third-order valence-electron chi connectivity index (χ3n) is 4.07. The van der Waals surface area contributed by atoms with Gasteiger partial charge in [-0.2, -0.15) is 0 Å². The number of likely N-dealkylation sites (tertiary alicyclic amines) is 1. The van der Waals surface area contributed by atoms with Crippen LogP contribution in [0.15, 0.2) is 43.0 Å². The maximum absolute atomic E-state index is 13.8. The summed E-state index contributed by atoms with van der Waals surface area (Å²) in [5.41, 5.74) is 0.879. The minimum atomic E-state index is -0.0576. The lowest BCUT2D eigenvalue weighted by Crippen LogP contribution is -2.22. The van der Waals surface area contributed by atoms with Crippen molar-refractivity contribution in [2.24, 2.45) is 0 Å². The lowest BCUT2D eigenvalue weighted by atomic mass is 9.98. The summed E-state index contributed by atoms with van der Waals surface area (Å²) in [5.74, 6) is 0.294. The van der Waals surface area contributed by atoms with Gasteiger partial charge in [0.15, 0.2) is 0 Å². The van der Waals surface area contributed by atoms with E-state index in [2.05, 4.69) is 14.5 Å². The number of benzene rings is 1. The van der Waals surface area contributed by atoms with Crippen LogP contribution in [0.4, 0.5) is 4.39 Å². The Morgan fingerprint density at radius 1 is 1.25 bits per heavy atom. The molecule has 1 aromatic heterocycles. The Bertz CT molecular complexity index is 538. The van der Waals surface area contributed by atoms with Crippen LogP contribution in [-0.2, 0) is 6.54 Å². The number of nitrogens with zero attached hydrogens (tertiary/aromatic N) is 3. The lowest BCUT2D eigenvalue weighted by molar-refractivity contribution is 0.320. The largest absolute Gasteiger partial charge is 0.337 e. The van der Waals surface area contributed by atoms with Crippen molar-refractivity contribution < 1.29 is 4.39 Å². The Morgan fingerprint density at radius 3 is 2.95 bits per heavy atom. The van der Waals surface area contributed by atoms with E-state index in [1.807, 2.05) is 30.9 Å². The van der Waals surface area contributed by atoms with E-state index in [0.717, 1.165) is 44.6 Å². The Labute approximate surface area is 119 Å². The average Bonchev–Trinajstić information content (AvgIpc) is 3.11. The normalized spacial score (nSPS) is 19.6. The number of hydrogen-bond acceptors (Lipinski definition) is 2. The van der Waals surface area contributed by atoms with Crippen molar-refractivity contribution >= 4 is 0 Å². The molecule has 0 spiro atoms. The van der Waals surface area contributed by atoms with Crippen LogP contribution in [0, 0.1) is 5.82 Å². The van der Waals surface area contributed by atoms with Gasteiger partial charge in [0.25, 0.3) is 0 Å². The van der Waals surface area contributed by atoms with Crippen LogP contribution in [0.2, 0.25) is 0 Å². The van der Waals surface area contributed by atoms with E-state index in [9.17, 15) is 4.39 Å². The van der Waals surface area contributed by atoms with Gasteiger partial charge in [-0.05, 0) is 37.6 Å². The molecule has 3 nitrogen and oxygen atoms in total. The first-order valence-corrected chi connectivity index (χ1v) is 7.25. The summed E-state index contributed by atoms with van der Waals surface area (Å²) >= 11 is 0. The van der Waals surface area contributed by atoms with Crippen molar-refractivity contribution in [1.82, 2.24) is 14.5 Å². The first-order valence-electron chi connectivity index (χ1n) is 7.25. The predicted octanol–water partition coefficient (Wildman–Crippen LogP) is 2.90. The molecule has 0 amide bonds. The minimum absolute atomic E-state index is 0.0576. The fraction of sp³-hybridized carbons (Fsp3) is 0.438. The molecule has 1 aliphatic rings. The van der Waals surface area contributed by atoms with Gasteiger partial charge >= 0.3 is 0 Å². The molecule has 1 aromatic carbocycles. The molecular formula is C16H20FN3. The highest BCUT2D eigenvalue weighted by molar-refractivity contribution is 5.23. The van der Waals surface area contributed by atoms with Crippen molar-refractivity contribution in [3.05, 3.63) is 54.4 Å². The molecule has 2 aromatic rings. The van der Waals surface area contributed by atoms with Crippen molar-refractivity contribution in [2.75, 3.05) is 19.6 Å². The molecule has 20 heavy (non-hydrogen) atoms. The second kappa shape index (κ2) is 6.18. The fourth-order valence-corrected chi connectivity index (χ4v) is 2.99. The van der Waals surface area contributed by atoms with Gasteiger partial charge in [-0.15, -0.1) is 0 Å². The van der Waals surface area contributed by atoms with Crippen LogP contribution in [0.1, 0.15) is 24.3 Å². The number of imidazole rings is 1. The number of halogens is 1. The smallest absolute Gasteiger partial charge is 0.126 e. The second-order valence-corrected chi connectivity index (χ2v) is 5.46. The Kier molecular flexibility index (Phi) is 4.11. The first kappa shape index (κ1) is 13.3. The molecule has 0 saturated carbocycles. The third kappa shape index (κ3) is 3.07. The van der Waals surface area contributed by atoms with E-state index < -0.39 is 0 Å². The molecule has 0 bridgehead atoms. The van der Waals surface area contributed by atoms with Gasteiger partial charge in [0, 0.05) is 31.4 Å². The van der Waals surface area contributed by atoms with E-state index in [1.54, 1.807) is 12.1 Å². The zero-order chi connectivity index (χ0) is 13.8. The topological polar surface area (TPSA) is 21.1 Å². The van der Waals surface area contributed by atoms with Crippen molar-refractivity contribution in [2.45, 2.75) is 25.3 Å². The van der Waals surface area contributed by atoms with Crippen LogP contribution >= 0.6 is 0 Å². The number of hydrogen-bond donors (Lipinski definition) is 0. The van der Waals surface area contributed by atoms with Gasteiger partial charge in [0.05, 0.1) is 6.33 Å². The van der Waals surface area contributed by atoms with Gasteiger partial charge in [0.1, 0.15) is 5.82 Å². The lowest BCUT2D eigenvalue weighted by Gasteiger charge is -2.16. The average molecular weight is 273 g/mol. The van der Waals surface area contributed by atoms with Gasteiger partial charge in [0.2, 0.25) is 0 Å². The van der Waals surface area contributed by atoms with E-state index in [4.69, 9.17) is 0 Å². The number of aromatic nitrogens is 2. The molecule has 2 heterocycles. The molecule has 106 valence electrons. The quantitative estimate of drug-likeness (QED) is 0.835. The van der Waals surface area contributed by atoms with Crippen LogP contribution in [-0.4, -0.2) is 34.1 Å². The van der Waals surface area contributed by atoms with Crippen molar-refractivity contribution in [1.29, 1.82) is 0 Å². The zero-order valence-electron chi connectivity index (χ0n) is 11.6. The molecule has 0 radical (unpaired) electrons. The van der Waals surface area contributed by atoms with E-state index in [0.29, 0.717) is 5.92 Å². The summed E-state index contributed by atoms with van der Waals surface area (Å²) in [6.45, 7) is 4.12. The summed E-state index contributed by atoms with van der Waals surface area (Å²) in [4.78, 5) is 6.48. The van der Waals surface area contributed by atoms with E-state index >= 15 is 0 Å². The highest BCUT2D eigenvalue weighted by Gasteiger charge is 2.25. The standard InChI is InChI=1S/C16H20FN3/c17-16-5-2-1-4-15(16)14-6-10-19(12-14)8-3-9-20-11-7-18-13-20/h1-2,4-5,7,11,13-14H,3,6,8-10,12H2/t14-/m1/s1. The summed E-state index contributed by atoms with van der Waals surface area (Å²) < 4.78 is 15.9. The molecule has 1 aliphatic heterocycles. The van der Waals surface area contributed by atoms with Gasteiger partial charge in [-0.3, -0.25) is 0 Å². The van der Waals surface area contributed by atoms with Crippen LogP contribution in [0.25, 0.3) is 0 Å². The molecule has 3 rings (SSSR count). The van der Waals surface area contributed by atoms with Crippen LogP contribution in [0.3, 0.4) is 0 Å². The monoisotopic (exact) mass is 273 g/mol. The Morgan fingerprint density at radius 2 is 2.15 bits per heavy atom. The molecule has 1 atom stereocenters. The third-order valence-corrected chi connectivity index (χ3v) is 4.07. The van der Waals surface area contributed by atoms with Crippen LogP contribution < -0.4 is 0 Å². The minimum Gasteiger partial charge on any atom is -0.337 e. The summed E-state index contributed by atoms with van der Waals surface area (Å²) in [6.07, 6.45) is 7.83. The molecule has 4 heteroatoms. The van der Waals surface area contributed by atoms with Gasteiger partial charge < -0.3 is 9.47 Å². The molecular weight excluding hydrogens is 253 g/mol. The van der Waals surface area contributed by atoms with Crippen LogP contribution in [0.5, 0.6) is 0 Å². The van der Waals surface area contributed by atoms with Crippen molar-refractivity contribution in [3.63, 3.8) is 0 Å². The maximum Gasteiger partial charge on any atom is 0.126 e. The highest BCUT2D eigenvalue weighted by Crippen LogP contribution is 2.28. The maximum atomic E-state index is 13.8.